The monoisotopic (exact) mass is 290 g/mol. The SMILES string of the molecule is COCC(=O)Nc1ccc(NC2CC(C)CC(C)C2)cc1. The molecule has 1 aromatic rings. The smallest absolute Gasteiger partial charge is 0.250 e. The summed E-state index contributed by atoms with van der Waals surface area (Å²) in [6, 6.07) is 8.44. The molecule has 0 aromatic heterocycles. The van der Waals surface area contributed by atoms with Crippen LogP contribution >= 0.6 is 0 Å². The third-order valence-electron chi connectivity index (χ3n) is 3.99. The first-order valence-electron chi connectivity index (χ1n) is 7.72. The largest absolute Gasteiger partial charge is 0.382 e. The number of amides is 1. The summed E-state index contributed by atoms with van der Waals surface area (Å²) in [4.78, 5) is 11.4. The van der Waals surface area contributed by atoms with Crippen molar-refractivity contribution in [2.24, 2.45) is 11.8 Å². The normalized spacial score (nSPS) is 25.4. The third kappa shape index (κ3) is 5.05. The van der Waals surface area contributed by atoms with Crippen LogP contribution in [0.2, 0.25) is 0 Å². The second-order valence-electron chi connectivity index (χ2n) is 6.32. The van der Waals surface area contributed by atoms with Crippen LogP contribution in [0.4, 0.5) is 11.4 Å². The van der Waals surface area contributed by atoms with Gasteiger partial charge in [0.1, 0.15) is 6.61 Å². The Morgan fingerprint density at radius 1 is 1.10 bits per heavy atom. The van der Waals surface area contributed by atoms with Gasteiger partial charge in [-0.3, -0.25) is 4.79 Å². The number of anilines is 2. The van der Waals surface area contributed by atoms with Crippen LogP contribution in [0.5, 0.6) is 0 Å². The van der Waals surface area contributed by atoms with Crippen LogP contribution in [0.1, 0.15) is 33.1 Å². The van der Waals surface area contributed by atoms with Crippen LogP contribution in [0.3, 0.4) is 0 Å². The van der Waals surface area contributed by atoms with Crippen molar-refractivity contribution in [3.8, 4) is 0 Å². The molecule has 1 fully saturated rings. The van der Waals surface area contributed by atoms with E-state index in [9.17, 15) is 4.79 Å². The van der Waals surface area contributed by atoms with E-state index < -0.39 is 0 Å². The molecule has 0 aliphatic heterocycles. The van der Waals surface area contributed by atoms with Gasteiger partial charge in [0.05, 0.1) is 0 Å². The van der Waals surface area contributed by atoms with Crippen LogP contribution < -0.4 is 10.6 Å². The van der Waals surface area contributed by atoms with Crippen LogP contribution in [0.15, 0.2) is 24.3 Å². The van der Waals surface area contributed by atoms with Crippen molar-refractivity contribution in [1.82, 2.24) is 0 Å². The zero-order valence-electron chi connectivity index (χ0n) is 13.2. The Balaban J connectivity index is 1.88. The van der Waals surface area contributed by atoms with Gasteiger partial charge < -0.3 is 15.4 Å². The van der Waals surface area contributed by atoms with Gasteiger partial charge in [0, 0.05) is 24.5 Å². The third-order valence-corrected chi connectivity index (χ3v) is 3.99. The zero-order valence-corrected chi connectivity index (χ0v) is 13.2. The number of rotatable bonds is 5. The molecule has 21 heavy (non-hydrogen) atoms. The fourth-order valence-electron chi connectivity index (χ4n) is 3.28. The van der Waals surface area contributed by atoms with E-state index >= 15 is 0 Å². The van der Waals surface area contributed by atoms with Crippen molar-refractivity contribution in [2.45, 2.75) is 39.2 Å². The maximum Gasteiger partial charge on any atom is 0.250 e. The summed E-state index contributed by atoms with van der Waals surface area (Å²) in [5, 5.41) is 6.41. The molecule has 116 valence electrons. The molecule has 2 atom stereocenters. The van der Waals surface area contributed by atoms with E-state index in [-0.39, 0.29) is 12.5 Å². The molecule has 0 heterocycles. The van der Waals surface area contributed by atoms with Crippen molar-refractivity contribution in [3.05, 3.63) is 24.3 Å². The van der Waals surface area contributed by atoms with E-state index in [0.29, 0.717) is 6.04 Å². The standard InChI is InChI=1S/C17H26N2O2/c1-12-8-13(2)10-16(9-12)18-14-4-6-15(7-5-14)19-17(20)11-21-3/h4-7,12-13,16,18H,8-11H2,1-3H3,(H,19,20). The molecule has 2 rings (SSSR count). The molecule has 2 N–H and O–H groups in total. The van der Waals surface area contributed by atoms with Gasteiger partial charge in [-0.1, -0.05) is 13.8 Å². The van der Waals surface area contributed by atoms with Crippen molar-refractivity contribution < 1.29 is 9.53 Å². The summed E-state index contributed by atoms with van der Waals surface area (Å²) in [6.45, 7) is 4.75. The molecule has 0 spiro atoms. The maximum absolute atomic E-state index is 11.4. The molecule has 0 saturated heterocycles. The lowest BCUT2D eigenvalue weighted by atomic mass is 9.80. The first-order valence-corrected chi connectivity index (χ1v) is 7.72. The summed E-state index contributed by atoms with van der Waals surface area (Å²) in [5.74, 6) is 1.45. The number of methoxy groups -OCH3 is 1. The summed E-state index contributed by atoms with van der Waals surface area (Å²) in [7, 11) is 1.51. The molecule has 1 aliphatic carbocycles. The molecule has 0 bridgehead atoms. The van der Waals surface area contributed by atoms with Crippen molar-refractivity contribution in [1.29, 1.82) is 0 Å². The Labute approximate surface area is 127 Å². The van der Waals surface area contributed by atoms with Gasteiger partial charge in [0.15, 0.2) is 0 Å². The second-order valence-corrected chi connectivity index (χ2v) is 6.32. The molecule has 2 unspecified atom stereocenters. The molecule has 4 nitrogen and oxygen atoms in total. The number of hydrogen-bond acceptors (Lipinski definition) is 3. The van der Waals surface area contributed by atoms with E-state index in [1.165, 1.54) is 26.4 Å². The first kappa shape index (κ1) is 15.8. The molecule has 4 heteroatoms. The van der Waals surface area contributed by atoms with Gasteiger partial charge >= 0.3 is 0 Å². The lowest BCUT2D eigenvalue weighted by Crippen LogP contribution is -2.30. The molecule has 1 amide bonds. The molecule has 1 aromatic carbocycles. The van der Waals surface area contributed by atoms with Gasteiger partial charge in [-0.25, -0.2) is 0 Å². The lowest BCUT2D eigenvalue weighted by Gasteiger charge is -2.32. The zero-order chi connectivity index (χ0) is 15.2. The molecule has 0 radical (unpaired) electrons. The summed E-state index contributed by atoms with van der Waals surface area (Å²) < 4.78 is 4.80. The summed E-state index contributed by atoms with van der Waals surface area (Å²) in [5.41, 5.74) is 1.92. The molecular weight excluding hydrogens is 264 g/mol. The average Bonchev–Trinajstić information content (AvgIpc) is 2.40. The van der Waals surface area contributed by atoms with Gasteiger partial charge in [-0.05, 0) is 55.4 Å². The minimum atomic E-state index is -0.131. The quantitative estimate of drug-likeness (QED) is 0.872. The fourth-order valence-corrected chi connectivity index (χ4v) is 3.28. The second kappa shape index (κ2) is 7.46. The minimum absolute atomic E-state index is 0.0812. The van der Waals surface area contributed by atoms with Crippen molar-refractivity contribution >= 4 is 17.3 Å². The lowest BCUT2D eigenvalue weighted by molar-refractivity contribution is -0.119. The van der Waals surface area contributed by atoms with E-state index in [0.717, 1.165) is 23.2 Å². The van der Waals surface area contributed by atoms with Gasteiger partial charge in [-0.2, -0.15) is 0 Å². The number of carbonyl (C=O) groups is 1. The van der Waals surface area contributed by atoms with Crippen LogP contribution in [0, 0.1) is 11.8 Å². The fraction of sp³-hybridized carbons (Fsp3) is 0.588. The Hall–Kier alpha value is -1.55. The molecule has 1 aliphatic rings. The van der Waals surface area contributed by atoms with Crippen LogP contribution in [-0.2, 0) is 9.53 Å². The Morgan fingerprint density at radius 3 is 2.24 bits per heavy atom. The number of carbonyl (C=O) groups excluding carboxylic acids is 1. The van der Waals surface area contributed by atoms with Crippen LogP contribution in [0.25, 0.3) is 0 Å². The number of ether oxygens (including phenoxy) is 1. The summed E-state index contributed by atoms with van der Waals surface area (Å²) >= 11 is 0. The topological polar surface area (TPSA) is 50.4 Å². The Kier molecular flexibility index (Phi) is 5.62. The van der Waals surface area contributed by atoms with E-state index in [2.05, 4.69) is 24.5 Å². The highest BCUT2D eigenvalue weighted by Crippen LogP contribution is 2.30. The highest BCUT2D eigenvalue weighted by Gasteiger charge is 2.23. The minimum Gasteiger partial charge on any atom is -0.382 e. The summed E-state index contributed by atoms with van der Waals surface area (Å²) in [6.07, 6.45) is 3.80. The van der Waals surface area contributed by atoms with E-state index in [1.54, 1.807) is 0 Å². The Morgan fingerprint density at radius 2 is 1.67 bits per heavy atom. The maximum atomic E-state index is 11.4. The van der Waals surface area contributed by atoms with E-state index in [4.69, 9.17) is 4.74 Å². The predicted octanol–water partition coefficient (Wildman–Crippen LogP) is 3.51. The Bertz CT molecular complexity index is 448. The number of hydrogen-bond donors (Lipinski definition) is 2. The first-order chi connectivity index (χ1) is 10.1. The van der Waals surface area contributed by atoms with Crippen LogP contribution in [-0.4, -0.2) is 25.7 Å². The average molecular weight is 290 g/mol. The predicted molar refractivity (Wildman–Crippen MR) is 86.5 cm³/mol. The van der Waals surface area contributed by atoms with Gasteiger partial charge in [0.25, 0.3) is 0 Å². The highest BCUT2D eigenvalue weighted by atomic mass is 16.5. The van der Waals surface area contributed by atoms with Crippen molar-refractivity contribution in [3.63, 3.8) is 0 Å². The number of benzene rings is 1. The number of nitrogens with one attached hydrogen (secondary N) is 2. The molecule has 1 saturated carbocycles. The van der Waals surface area contributed by atoms with Gasteiger partial charge in [-0.15, -0.1) is 0 Å². The van der Waals surface area contributed by atoms with E-state index in [1.807, 2.05) is 24.3 Å². The molecular formula is C17H26N2O2. The van der Waals surface area contributed by atoms with Gasteiger partial charge in [0.2, 0.25) is 5.91 Å². The highest BCUT2D eigenvalue weighted by molar-refractivity contribution is 5.91. The van der Waals surface area contributed by atoms with Crippen molar-refractivity contribution in [2.75, 3.05) is 24.4 Å².